The minimum absolute atomic E-state index is 0.0226. The molecule has 5 nitrogen and oxygen atoms in total. The number of aromatic amines is 1. The average Bonchev–Trinajstić information content (AvgIpc) is 2.86. The molecule has 0 radical (unpaired) electrons. The SMILES string of the molecule is Cc1[nH]nc2c1[C@@H](c1cccnc1)C1=C(CC(C)(C)CC1=O)N2. The van der Waals surface area contributed by atoms with Crippen LogP contribution in [0.15, 0.2) is 35.8 Å². The Labute approximate surface area is 135 Å². The molecular formula is C18H20N4O. The molecule has 5 heteroatoms. The second-order valence-corrected chi connectivity index (χ2v) is 7.29. The van der Waals surface area contributed by atoms with E-state index in [1.165, 1.54) is 0 Å². The summed E-state index contributed by atoms with van der Waals surface area (Å²) in [5.74, 6) is 0.974. The Morgan fingerprint density at radius 1 is 1.30 bits per heavy atom. The number of nitrogens with one attached hydrogen (secondary N) is 2. The van der Waals surface area contributed by atoms with Crippen LogP contribution in [-0.2, 0) is 4.79 Å². The number of aromatic nitrogens is 3. The van der Waals surface area contributed by atoms with Gasteiger partial charge in [-0.15, -0.1) is 0 Å². The predicted octanol–water partition coefficient (Wildman–Crippen LogP) is 3.31. The van der Waals surface area contributed by atoms with Crippen LogP contribution in [0.1, 0.15) is 49.4 Å². The number of ketones is 1. The van der Waals surface area contributed by atoms with Crippen molar-refractivity contribution in [3.8, 4) is 0 Å². The highest BCUT2D eigenvalue weighted by Gasteiger charge is 2.42. The lowest BCUT2D eigenvalue weighted by Crippen LogP contribution is -2.33. The average molecular weight is 308 g/mol. The molecule has 0 amide bonds. The highest BCUT2D eigenvalue weighted by atomic mass is 16.1. The minimum atomic E-state index is -0.0858. The van der Waals surface area contributed by atoms with Crippen molar-refractivity contribution >= 4 is 11.6 Å². The van der Waals surface area contributed by atoms with Crippen LogP contribution >= 0.6 is 0 Å². The van der Waals surface area contributed by atoms with E-state index in [2.05, 4.69) is 34.3 Å². The van der Waals surface area contributed by atoms with Crippen LogP contribution in [0.25, 0.3) is 0 Å². The second kappa shape index (κ2) is 4.78. The van der Waals surface area contributed by atoms with Gasteiger partial charge in [-0.05, 0) is 30.4 Å². The molecule has 118 valence electrons. The van der Waals surface area contributed by atoms with Crippen LogP contribution in [0, 0.1) is 12.3 Å². The number of rotatable bonds is 1. The Morgan fingerprint density at radius 2 is 2.13 bits per heavy atom. The first-order valence-corrected chi connectivity index (χ1v) is 7.94. The number of carbonyl (C=O) groups is 1. The van der Waals surface area contributed by atoms with Crippen molar-refractivity contribution in [1.29, 1.82) is 0 Å². The lowest BCUT2D eigenvalue weighted by molar-refractivity contribution is -0.118. The molecule has 2 aliphatic rings. The molecule has 0 spiro atoms. The number of hydrogen-bond acceptors (Lipinski definition) is 4. The third-order valence-corrected chi connectivity index (χ3v) is 4.78. The molecule has 0 saturated heterocycles. The van der Waals surface area contributed by atoms with Gasteiger partial charge in [0.2, 0.25) is 0 Å². The van der Waals surface area contributed by atoms with Gasteiger partial charge in [0, 0.05) is 47.3 Å². The normalized spacial score (nSPS) is 22.4. The van der Waals surface area contributed by atoms with E-state index < -0.39 is 0 Å². The Kier molecular flexibility index (Phi) is 2.95. The molecule has 1 aliphatic heterocycles. The van der Waals surface area contributed by atoms with Gasteiger partial charge >= 0.3 is 0 Å². The van der Waals surface area contributed by atoms with Gasteiger partial charge in [-0.2, -0.15) is 5.10 Å². The third kappa shape index (κ3) is 2.19. The van der Waals surface area contributed by atoms with E-state index in [-0.39, 0.29) is 17.1 Å². The van der Waals surface area contributed by atoms with Crippen molar-refractivity contribution in [2.45, 2.75) is 39.5 Å². The Balaban J connectivity index is 1.94. The van der Waals surface area contributed by atoms with Crippen LogP contribution in [0.2, 0.25) is 0 Å². The van der Waals surface area contributed by atoms with E-state index in [1.54, 1.807) is 6.20 Å². The smallest absolute Gasteiger partial charge is 0.162 e. The zero-order valence-corrected chi connectivity index (χ0v) is 13.6. The van der Waals surface area contributed by atoms with Crippen LogP contribution in [-0.4, -0.2) is 21.0 Å². The third-order valence-electron chi connectivity index (χ3n) is 4.78. The van der Waals surface area contributed by atoms with E-state index in [4.69, 9.17) is 0 Å². The summed E-state index contributed by atoms with van der Waals surface area (Å²) in [6.07, 6.45) is 5.05. The Morgan fingerprint density at radius 3 is 2.87 bits per heavy atom. The van der Waals surface area contributed by atoms with Crippen LogP contribution < -0.4 is 5.32 Å². The molecule has 1 aliphatic carbocycles. The largest absolute Gasteiger partial charge is 0.342 e. The number of pyridine rings is 1. The van der Waals surface area contributed by atoms with Gasteiger partial charge in [-0.1, -0.05) is 19.9 Å². The van der Waals surface area contributed by atoms with Gasteiger partial charge in [0.25, 0.3) is 0 Å². The van der Waals surface area contributed by atoms with Crippen molar-refractivity contribution in [2.24, 2.45) is 5.41 Å². The van der Waals surface area contributed by atoms with Gasteiger partial charge in [0.15, 0.2) is 11.6 Å². The van der Waals surface area contributed by atoms with E-state index in [9.17, 15) is 4.79 Å². The van der Waals surface area contributed by atoms with Crippen molar-refractivity contribution in [3.63, 3.8) is 0 Å². The van der Waals surface area contributed by atoms with E-state index in [0.717, 1.165) is 40.3 Å². The lowest BCUT2D eigenvalue weighted by Gasteiger charge is -2.38. The minimum Gasteiger partial charge on any atom is -0.342 e. The predicted molar refractivity (Wildman–Crippen MR) is 88.1 cm³/mol. The maximum atomic E-state index is 12.9. The quantitative estimate of drug-likeness (QED) is 0.848. The standard InChI is InChI=1S/C18H20N4O/c1-10-14-15(11-5-4-6-19-9-11)16-12(20-17(14)22-21-10)7-18(2,3)8-13(16)23/h4-6,9,15H,7-8H2,1-3H3,(H2,20,21,22)/t15-/m1/s1. The molecule has 0 unspecified atom stereocenters. The molecule has 1 atom stereocenters. The Bertz CT molecular complexity index is 817. The molecule has 0 saturated carbocycles. The first-order valence-electron chi connectivity index (χ1n) is 7.94. The number of aryl methyl sites for hydroxylation is 1. The molecule has 0 fully saturated rings. The fourth-order valence-corrected chi connectivity index (χ4v) is 3.83. The number of H-pyrrole nitrogens is 1. The first kappa shape index (κ1) is 14.2. The summed E-state index contributed by atoms with van der Waals surface area (Å²) >= 11 is 0. The summed E-state index contributed by atoms with van der Waals surface area (Å²) in [5, 5.41) is 10.8. The van der Waals surface area contributed by atoms with Gasteiger partial charge < -0.3 is 5.32 Å². The van der Waals surface area contributed by atoms with Gasteiger partial charge in [0.05, 0.1) is 0 Å². The molecule has 0 bridgehead atoms. The first-order chi connectivity index (χ1) is 11.0. The van der Waals surface area contributed by atoms with Crippen molar-refractivity contribution in [1.82, 2.24) is 15.2 Å². The molecule has 0 aromatic carbocycles. The fourth-order valence-electron chi connectivity index (χ4n) is 3.83. The number of Topliss-reactive ketones (excluding diaryl/α,β-unsaturated/α-hetero) is 1. The van der Waals surface area contributed by atoms with Crippen molar-refractivity contribution in [3.05, 3.63) is 52.6 Å². The van der Waals surface area contributed by atoms with Gasteiger partial charge in [-0.25, -0.2) is 0 Å². The summed E-state index contributed by atoms with van der Waals surface area (Å²) in [5.41, 5.74) is 4.97. The van der Waals surface area contributed by atoms with E-state index in [1.807, 2.05) is 25.3 Å². The fraction of sp³-hybridized carbons (Fsp3) is 0.389. The maximum absolute atomic E-state index is 12.9. The molecule has 2 aromatic heterocycles. The molecule has 2 N–H and O–H groups in total. The van der Waals surface area contributed by atoms with Crippen molar-refractivity contribution in [2.75, 3.05) is 5.32 Å². The zero-order valence-electron chi connectivity index (χ0n) is 13.6. The van der Waals surface area contributed by atoms with Crippen molar-refractivity contribution < 1.29 is 4.79 Å². The zero-order chi connectivity index (χ0) is 16.2. The topological polar surface area (TPSA) is 70.7 Å². The molecular weight excluding hydrogens is 288 g/mol. The monoisotopic (exact) mass is 308 g/mol. The van der Waals surface area contributed by atoms with E-state index in [0.29, 0.717) is 6.42 Å². The maximum Gasteiger partial charge on any atom is 0.162 e. The highest BCUT2D eigenvalue weighted by molar-refractivity contribution is 6.01. The summed E-state index contributed by atoms with van der Waals surface area (Å²) < 4.78 is 0. The number of anilines is 1. The van der Waals surface area contributed by atoms with Gasteiger partial charge in [-0.3, -0.25) is 14.9 Å². The highest BCUT2D eigenvalue weighted by Crippen LogP contribution is 2.48. The second-order valence-electron chi connectivity index (χ2n) is 7.29. The molecule has 23 heavy (non-hydrogen) atoms. The summed E-state index contributed by atoms with van der Waals surface area (Å²) in [7, 11) is 0. The van der Waals surface area contributed by atoms with Gasteiger partial charge in [0.1, 0.15) is 0 Å². The number of hydrogen-bond donors (Lipinski definition) is 2. The van der Waals surface area contributed by atoms with Crippen LogP contribution in [0.3, 0.4) is 0 Å². The summed E-state index contributed by atoms with van der Waals surface area (Å²) in [4.78, 5) is 17.2. The molecule has 3 heterocycles. The molecule has 2 aromatic rings. The van der Waals surface area contributed by atoms with Crippen LogP contribution in [0.5, 0.6) is 0 Å². The molecule has 4 rings (SSSR count). The lowest BCUT2D eigenvalue weighted by atomic mass is 9.69. The van der Waals surface area contributed by atoms with Crippen LogP contribution in [0.4, 0.5) is 5.82 Å². The van der Waals surface area contributed by atoms with E-state index >= 15 is 0 Å². The summed E-state index contributed by atoms with van der Waals surface area (Å²) in [6.45, 7) is 6.28. The summed E-state index contributed by atoms with van der Waals surface area (Å²) in [6, 6.07) is 3.96. The Hall–Kier alpha value is -2.43. The number of fused-ring (bicyclic) bond motifs is 1. The number of allylic oxidation sites excluding steroid dienone is 2. The number of nitrogens with zero attached hydrogens (tertiary/aromatic N) is 2. The number of carbonyl (C=O) groups excluding carboxylic acids is 1.